The van der Waals surface area contributed by atoms with Gasteiger partial charge in [-0.05, 0) is 24.6 Å². The van der Waals surface area contributed by atoms with Crippen molar-refractivity contribution in [1.82, 2.24) is 4.72 Å². The van der Waals surface area contributed by atoms with Crippen LogP contribution in [0.3, 0.4) is 0 Å². The molecule has 0 aliphatic carbocycles. The van der Waals surface area contributed by atoms with E-state index in [9.17, 15) is 13.2 Å². The summed E-state index contributed by atoms with van der Waals surface area (Å²) in [5.41, 5.74) is 0.751. The highest BCUT2D eigenvalue weighted by Crippen LogP contribution is 2.05. The lowest BCUT2D eigenvalue weighted by atomic mass is 10.1. The summed E-state index contributed by atoms with van der Waals surface area (Å²) in [7, 11) is -3.66. The number of carboxylic acid groups (broad SMARTS) is 1. The molecule has 1 rings (SSSR count). The first-order chi connectivity index (χ1) is 8.36. The average molecular weight is 268 g/mol. The van der Waals surface area contributed by atoms with Gasteiger partial charge in [-0.2, -0.15) is 5.26 Å². The van der Waals surface area contributed by atoms with Gasteiger partial charge in [0.25, 0.3) is 0 Å². The molecule has 0 saturated heterocycles. The van der Waals surface area contributed by atoms with E-state index in [0.29, 0.717) is 5.56 Å². The third kappa shape index (κ3) is 3.55. The fourth-order valence-corrected chi connectivity index (χ4v) is 1.90. The summed E-state index contributed by atoms with van der Waals surface area (Å²) in [6.07, 6.45) is 0. The van der Waals surface area contributed by atoms with Crippen molar-refractivity contribution >= 4 is 16.0 Å². The molecule has 2 N–H and O–H groups in total. The van der Waals surface area contributed by atoms with Crippen molar-refractivity contribution in [2.45, 2.75) is 18.7 Å². The van der Waals surface area contributed by atoms with Gasteiger partial charge in [0.15, 0.2) is 5.25 Å². The van der Waals surface area contributed by atoms with E-state index in [4.69, 9.17) is 10.4 Å². The zero-order valence-corrected chi connectivity index (χ0v) is 10.4. The van der Waals surface area contributed by atoms with Crippen LogP contribution in [0.5, 0.6) is 0 Å². The molecule has 6 nitrogen and oxygen atoms in total. The van der Waals surface area contributed by atoms with Gasteiger partial charge in [-0.15, -0.1) is 0 Å². The molecule has 0 amide bonds. The van der Waals surface area contributed by atoms with Gasteiger partial charge < -0.3 is 5.11 Å². The van der Waals surface area contributed by atoms with Crippen LogP contribution in [0.4, 0.5) is 0 Å². The van der Waals surface area contributed by atoms with Gasteiger partial charge in [-0.1, -0.05) is 12.1 Å². The van der Waals surface area contributed by atoms with E-state index in [-0.39, 0.29) is 12.1 Å². The number of rotatable bonds is 5. The Balaban J connectivity index is 2.71. The lowest BCUT2D eigenvalue weighted by molar-refractivity contribution is 0.0697. The minimum Gasteiger partial charge on any atom is -0.478 e. The van der Waals surface area contributed by atoms with Gasteiger partial charge in [0, 0.05) is 6.54 Å². The lowest BCUT2D eigenvalue weighted by Crippen LogP contribution is -2.31. The smallest absolute Gasteiger partial charge is 0.335 e. The Morgan fingerprint density at radius 2 is 2.00 bits per heavy atom. The van der Waals surface area contributed by atoms with Crippen molar-refractivity contribution in [2.75, 3.05) is 0 Å². The third-order valence-electron chi connectivity index (χ3n) is 2.33. The second-order valence-corrected chi connectivity index (χ2v) is 5.73. The minimum atomic E-state index is -3.66. The standard InChI is InChI=1S/C11H12N2O4S/c1-8(6-12)18(16,17)13-7-9-2-4-10(5-3-9)11(14)15/h2-5,8,13H,7H2,1H3,(H,14,15). The molecule has 0 fully saturated rings. The number of nitriles is 1. The molecule has 1 aromatic carbocycles. The fourth-order valence-electron chi connectivity index (χ4n) is 1.14. The minimum absolute atomic E-state index is 0.0221. The average Bonchev–Trinajstić information content (AvgIpc) is 2.35. The molecule has 0 radical (unpaired) electrons. The predicted octanol–water partition coefficient (Wildman–Crippen LogP) is 0.716. The maximum Gasteiger partial charge on any atom is 0.335 e. The molecule has 96 valence electrons. The molecule has 0 aliphatic heterocycles. The Labute approximate surface area is 105 Å². The number of hydrogen-bond acceptors (Lipinski definition) is 4. The van der Waals surface area contributed by atoms with Crippen molar-refractivity contribution in [3.05, 3.63) is 35.4 Å². The highest BCUT2D eigenvalue weighted by molar-refractivity contribution is 7.90. The van der Waals surface area contributed by atoms with E-state index < -0.39 is 21.2 Å². The monoisotopic (exact) mass is 268 g/mol. The Hall–Kier alpha value is -1.91. The SMILES string of the molecule is CC(C#N)S(=O)(=O)NCc1ccc(C(=O)O)cc1. The van der Waals surface area contributed by atoms with Crippen molar-refractivity contribution in [2.24, 2.45) is 0 Å². The zero-order valence-electron chi connectivity index (χ0n) is 9.62. The van der Waals surface area contributed by atoms with E-state index >= 15 is 0 Å². The summed E-state index contributed by atoms with van der Waals surface area (Å²) >= 11 is 0. The van der Waals surface area contributed by atoms with Crippen LogP contribution in [0.1, 0.15) is 22.8 Å². The van der Waals surface area contributed by atoms with Gasteiger partial charge in [-0.25, -0.2) is 17.9 Å². The fraction of sp³-hybridized carbons (Fsp3) is 0.273. The van der Waals surface area contributed by atoms with E-state index in [1.807, 2.05) is 0 Å². The molecule has 0 aliphatic rings. The normalized spacial score (nSPS) is 12.7. The molecule has 1 aromatic rings. The number of nitrogens with one attached hydrogen (secondary N) is 1. The first kappa shape index (κ1) is 14.2. The topological polar surface area (TPSA) is 107 Å². The number of benzene rings is 1. The Morgan fingerprint density at radius 1 is 1.44 bits per heavy atom. The summed E-state index contributed by atoms with van der Waals surface area (Å²) < 4.78 is 25.2. The summed E-state index contributed by atoms with van der Waals surface area (Å²) in [5.74, 6) is -1.04. The van der Waals surface area contributed by atoms with E-state index in [0.717, 1.165) is 0 Å². The van der Waals surface area contributed by atoms with Crippen molar-refractivity contribution in [1.29, 1.82) is 5.26 Å². The Bertz CT molecular complexity index is 572. The third-order valence-corrected chi connectivity index (χ3v) is 3.91. The number of hydrogen-bond donors (Lipinski definition) is 2. The highest BCUT2D eigenvalue weighted by Gasteiger charge is 2.19. The quantitative estimate of drug-likeness (QED) is 0.818. The predicted molar refractivity (Wildman–Crippen MR) is 64.2 cm³/mol. The number of carbonyl (C=O) groups is 1. The Morgan fingerprint density at radius 3 is 2.44 bits per heavy atom. The highest BCUT2D eigenvalue weighted by atomic mass is 32.2. The van der Waals surface area contributed by atoms with E-state index in [2.05, 4.69) is 4.72 Å². The molecule has 7 heteroatoms. The molecular formula is C11H12N2O4S. The molecule has 0 heterocycles. The molecule has 0 bridgehead atoms. The maximum absolute atomic E-state index is 11.5. The zero-order chi connectivity index (χ0) is 13.8. The van der Waals surface area contributed by atoms with Gasteiger partial charge in [0.05, 0.1) is 11.6 Å². The molecule has 1 unspecified atom stereocenters. The van der Waals surface area contributed by atoms with Crippen LogP contribution in [-0.4, -0.2) is 24.7 Å². The number of aromatic carboxylic acids is 1. The van der Waals surface area contributed by atoms with Crippen LogP contribution in [-0.2, 0) is 16.6 Å². The van der Waals surface area contributed by atoms with Crippen molar-refractivity contribution in [3.63, 3.8) is 0 Å². The summed E-state index contributed by atoms with van der Waals surface area (Å²) in [4.78, 5) is 10.6. The number of nitrogens with zero attached hydrogens (tertiary/aromatic N) is 1. The second kappa shape index (κ2) is 5.62. The van der Waals surface area contributed by atoms with Crippen molar-refractivity contribution < 1.29 is 18.3 Å². The molecular weight excluding hydrogens is 256 g/mol. The van der Waals surface area contributed by atoms with Crippen LogP contribution >= 0.6 is 0 Å². The molecule has 0 aromatic heterocycles. The maximum atomic E-state index is 11.5. The lowest BCUT2D eigenvalue weighted by Gasteiger charge is -2.07. The van der Waals surface area contributed by atoms with Gasteiger partial charge in [-0.3, -0.25) is 0 Å². The Kier molecular flexibility index (Phi) is 4.42. The van der Waals surface area contributed by atoms with Crippen LogP contribution in [0, 0.1) is 11.3 Å². The van der Waals surface area contributed by atoms with Crippen LogP contribution < -0.4 is 4.72 Å². The van der Waals surface area contributed by atoms with E-state index in [1.54, 1.807) is 6.07 Å². The molecule has 0 saturated carbocycles. The first-order valence-electron chi connectivity index (χ1n) is 5.07. The van der Waals surface area contributed by atoms with Gasteiger partial charge in [0.2, 0.25) is 10.0 Å². The summed E-state index contributed by atoms with van der Waals surface area (Å²) in [6.45, 7) is 1.31. The van der Waals surface area contributed by atoms with Gasteiger partial charge >= 0.3 is 5.97 Å². The van der Waals surface area contributed by atoms with Crippen LogP contribution in [0.15, 0.2) is 24.3 Å². The summed E-state index contributed by atoms with van der Waals surface area (Å²) in [5, 5.41) is 16.1. The van der Waals surface area contributed by atoms with E-state index in [1.165, 1.54) is 31.2 Å². The molecule has 0 spiro atoms. The van der Waals surface area contributed by atoms with Crippen LogP contribution in [0.25, 0.3) is 0 Å². The summed E-state index contributed by atoms with van der Waals surface area (Å²) in [6, 6.07) is 7.45. The number of carboxylic acids is 1. The number of sulfonamides is 1. The second-order valence-electron chi connectivity index (χ2n) is 3.64. The first-order valence-corrected chi connectivity index (χ1v) is 6.62. The molecule has 18 heavy (non-hydrogen) atoms. The van der Waals surface area contributed by atoms with Gasteiger partial charge in [0.1, 0.15) is 0 Å². The van der Waals surface area contributed by atoms with Crippen molar-refractivity contribution in [3.8, 4) is 6.07 Å². The van der Waals surface area contributed by atoms with Crippen LogP contribution in [0.2, 0.25) is 0 Å². The molecule has 1 atom stereocenters. The largest absolute Gasteiger partial charge is 0.478 e.